The predicted octanol–water partition coefficient (Wildman–Crippen LogP) is 6.01. The molecular formula is C22H18BrClN4O3S. The Morgan fingerprint density at radius 2 is 2.06 bits per heavy atom. The Labute approximate surface area is 202 Å². The molecule has 0 saturated heterocycles. The molecule has 0 radical (unpaired) electrons. The molecule has 2 aromatic rings. The van der Waals surface area contributed by atoms with Crippen molar-refractivity contribution in [1.82, 2.24) is 0 Å². The molecule has 0 fully saturated rings. The Hall–Kier alpha value is -2.67. The summed E-state index contributed by atoms with van der Waals surface area (Å²) in [5, 5.41) is 22.1. The molecule has 2 heterocycles. The summed E-state index contributed by atoms with van der Waals surface area (Å²) < 4.78 is 0.866. The lowest BCUT2D eigenvalue weighted by Gasteiger charge is -2.43. The van der Waals surface area contributed by atoms with Gasteiger partial charge in [-0.2, -0.15) is 5.26 Å². The number of hydrogen-bond donors (Lipinski definition) is 1. The zero-order valence-electron chi connectivity index (χ0n) is 17.2. The molecule has 1 aromatic heterocycles. The average molecular weight is 534 g/mol. The smallest absolute Gasteiger partial charge is 0.294 e. The van der Waals surface area contributed by atoms with Crippen LogP contribution in [0.5, 0.6) is 0 Å². The van der Waals surface area contributed by atoms with E-state index in [1.54, 1.807) is 0 Å². The molecule has 2 aliphatic rings. The Morgan fingerprint density at radius 3 is 2.66 bits per heavy atom. The quantitative estimate of drug-likeness (QED) is 0.382. The number of nitrogens with zero attached hydrogens (tertiary/aromatic N) is 3. The second-order valence-electron chi connectivity index (χ2n) is 8.51. The number of anilines is 1. The van der Waals surface area contributed by atoms with Crippen LogP contribution in [0.4, 0.5) is 11.4 Å². The number of Topliss-reactive ketones (excluding diaryl/α,β-unsaturated/α-hetero) is 1. The van der Waals surface area contributed by atoms with Crippen LogP contribution in [0, 0.1) is 26.9 Å². The summed E-state index contributed by atoms with van der Waals surface area (Å²) in [5.74, 6) is -0.623. The third kappa shape index (κ3) is 3.72. The molecule has 1 unspecified atom stereocenters. The second kappa shape index (κ2) is 8.03. The van der Waals surface area contributed by atoms with E-state index in [9.17, 15) is 20.2 Å². The molecule has 0 amide bonds. The van der Waals surface area contributed by atoms with Crippen LogP contribution in [0.3, 0.4) is 0 Å². The highest BCUT2D eigenvalue weighted by Crippen LogP contribution is 2.52. The first-order valence-corrected chi connectivity index (χ1v) is 11.7. The van der Waals surface area contributed by atoms with Crippen LogP contribution in [0.1, 0.15) is 37.5 Å². The van der Waals surface area contributed by atoms with Gasteiger partial charge in [0.05, 0.1) is 26.3 Å². The highest BCUT2D eigenvalue weighted by molar-refractivity contribution is 9.11. The van der Waals surface area contributed by atoms with Crippen molar-refractivity contribution in [3.05, 3.63) is 76.8 Å². The monoisotopic (exact) mass is 532 g/mol. The molecule has 0 spiro atoms. The number of nitro benzene ring substituents is 1. The van der Waals surface area contributed by atoms with Crippen LogP contribution in [-0.4, -0.2) is 10.7 Å². The zero-order valence-corrected chi connectivity index (χ0v) is 20.3. The van der Waals surface area contributed by atoms with Crippen molar-refractivity contribution >= 4 is 56.0 Å². The Bertz CT molecular complexity index is 1270. The van der Waals surface area contributed by atoms with Gasteiger partial charge in [-0.05, 0) is 52.0 Å². The number of allylic oxidation sites excluding steroid dienone is 3. The summed E-state index contributed by atoms with van der Waals surface area (Å²) in [6.45, 7) is 3.94. The maximum atomic E-state index is 13.4. The molecule has 0 saturated carbocycles. The number of nitriles is 1. The number of thiophene rings is 1. The number of carbonyl (C=O) groups excluding carboxylic acids is 1. The van der Waals surface area contributed by atoms with E-state index in [2.05, 4.69) is 22.0 Å². The zero-order chi connectivity index (χ0) is 23.4. The van der Waals surface area contributed by atoms with Gasteiger partial charge in [-0.25, -0.2) is 0 Å². The standard InChI is InChI=1S/C22H18BrClN4O3S/c1-22(2)8-15-20(16(29)9-22)19(17-5-6-18(23)32-17)12(10-25)21(26)27(15)13-4-3-11(24)7-14(13)28(30)31/h3-7,19H,8-9,26H2,1-2H3. The molecule has 4 rings (SSSR count). The molecule has 1 atom stereocenters. The van der Waals surface area contributed by atoms with Crippen molar-refractivity contribution in [3.8, 4) is 6.07 Å². The van der Waals surface area contributed by atoms with Crippen LogP contribution >= 0.6 is 38.9 Å². The number of rotatable bonds is 3. The summed E-state index contributed by atoms with van der Waals surface area (Å²) in [6, 6.07) is 10.2. The molecule has 1 aliphatic heterocycles. The van der Waals surface area contributed by atoms with Crippen LogP contribution in [0.2, 0.25) is 5.02 Å². The summed E-state index contributed by atoms with van der Waals surface area (Å²) in [6.07, 6.45) is 0.778. The van der Waals surface area contributed by atoms with Gasteiger partial charge in [-0.3, -0.25) is 19.8 Å². The summed E-state index contributed by atoms with van der Waals surface area (Å²) >= 11 is 10.9. The number of halogens is 2. The fourth-order valence-electron chi connectivity index (χ4n) is 4.38. The molecule has 1 aromatic carbocycles. The van der Waals surface area contributed by atoms with Crippen LogP contribution < -0.4 is 10.6 Å². The average Bonchev–Trinajstić information content (AvgIpc) is 3.12. The van der Waals surface area contributed by atoms with Crippen molar-refractivity contribution in [2.45, 2.75) is 32.6 Å². The first-order valence-electron chi connectivity index (χ1n) is 9.69. The van der Waals surface area contributed by atoms with Gasteiger partial charge in [0.25, 0.3) is 5.69 Å². The number of hydrogen-bond acceptors (Lipinski definition) is 7. The summed E-state index contributed by atoms with van der Waals surface area (Å²) in [7, 11) is 0. The van der Waals surface area contributed by atoms with E-state index >= 15 is 0 Å². The van der Waals surface area contributed by atoms with E-state index in [1.807, 2.05) is 26.0 Å². The third-order valence-electron chi connectivity index (χ3n) is 5.63. The molecule has 0 bridgehead atoms. The lowest BCUT2D eigenvalue weighted by Crippen LogP contribution is -2.42. The summed E-state index contributed by atoms with van der Waals surface area (Å²) in [4.78, 5) is 27.0. The van der Waals surface area contributed by atoms with E-state index < -0.39 is 10.8 Å². The number of nitro groups is 1. The van der Waals surface area contributed by atoms with Gasteiger partial charge in [0.1, 0.15) is 11.5 Å². The fourth-order valence-corrected chi connectivity index (χ4v) is 6.09. The molecule has 2 N–H and O–H groups in total. The molecule has 7 nitrogen and oxygen atoms in total. The normalized spacial score (nSPS) is 20.3. The first kappa shape index (κ1) is 22.5. The van der Waals surface area contributed by atoms with E-state index in [0.717, 1.165) is 8.66 Å². The van der Waals surface area contributed by atoms with Gasteiger partial charge in [0.15, 0.2) is 5.78 Å². The number of benzene rings is 1. The van der Waals surface area contributed by atoms with Crippen LogP contribution in [-0.2, 0) is 4.79 Å². The van der Waals surface area contributed by atoms with Gasteiger partial charge in [-0.15, -0.1) is 11.3 Å². The van der Waals surface area contributed by atoms with Gasteiger partial charge in [0.2, 0.25) is 0 Å². The van der Waals surface area contributed by atoms with Crippen LogP contribution in [0.15, 0.2) is 56.8 Å². The predicted molar refractivity (Wildman–Crippen MR) is 127 cm³/mol. The Morgan fingerprint density at radius 1 is 1.34 bits per heavy atom. The number of nitrogens with two attached hydrogens (primary N) is 1. The van der Waals surface area contributed by atoms with E-state index in [4.69, 9.17) is 17.3 Å². The van der Waals surface area contributed by atoms with E-state index in [-0.39, 0.29) is 39.0 Å². The highest BCUT2D eigenvalue weighted by Gasteiger charge is 2.46. The fraction of sp³-hybridized carbons (Fsp3) is 0.273. The first-order chi connectivity index (χ1) is 15.0. The number of ketones is 1. The minimum Gasteiger partial charge on any atom is -0.384 e. The van der Waals surface area contributed by atoms with Gasteiger partial charge >= 0.3 is 0 Å². The second-order valence-corrected chi connectivity index (χ2v) is 11.4. The molecule has 1 aliphatic carbocycles. The largest absolute Gasteiger partial charge is 0.384 e. The van der Waals surface area contributed by atoms with Gasteiger partial charge < -0.3 is 5.73 Å². The van der Waals surface area contributed by atoms with Crippen molar-refractivity contribution < 1.29 is 9.72 Å². The molecule has 10 heteroatoms. The third-order valence-corrected chi connectivity index (χ3v) is 7.56. The Balaban J connectivity index is 2.05. The molecular weight excluding hydrogens is 516 g/mol. The van der Waals surface area contributed by atoms with E-state index in [0.29, 0.717) is 24.1 Å². The maximum Gasteiger partial charge on any atom is 0.294 e. The maximum absolute atomic E-state index is 13.4. The molecule has 32 heavy (non-hydrogen) atoms. The SMILES string of the molecule is CC1(C)CC(=O)C2=C(C1)N(c1ccc(Cl)cc1[N+](=O)[O-])C(N)=C(C#N)C2c1ccc(Br)s1. The minimum atomic E-state index is -0.613. The van der Waals surface area contributed by atoms with Gasteiger partial charge in [0, 0.05) is 33.7 Å². The number of carbonyl (C=O) groups is 1. The minimum absolute atomic E-state index is 0.0803. The lowest BCUT2D eigenvalue weighted by atomic mass is 9.69. The van der Waals surface area contributed by atoms with Gasteiger partial charge in [-0.1, -0.05) is 25.4 Å². The topological polar surface area (TPSA) is 113 Å². The van der Waals surface area contributed by atoms with Crippen LogP contribution in [0.25, 0.3) is 0 Å². The van der Waals surface area contributed by atoms with Crippen molar-refractivity contribution in [2.24, 2.45) is 11.1 Å². The molecule has 164 valence electrons. The Kier molecular flexibility index (Phi) is 5.65. The van der Waals surface area contributed by atoms with E-state index in [1.165, 1.54) is 34.4 Å². The highest BCUT2D eigenvalue weighted by atomic mass is 79.9. The van der Waals surface area contributed by atoms with Crippen molar-refractivity contribution in [1.29, 1.82) is 5.26 Å². The lowest BCUT2D eigenvalue weighted by molar-refractivity contribution is -0.384. The van der Waals surface area contributed by atoms with Crippen molar-refractivity contribution in [3.63, 3.8) is 0 Å². The van der Waals surface area contributed by atoms with Crippen molar-refractivity contribution in [2.75, 3.05) is 4.90 Å². The summed E-state index contributed by atoms with van der Waals surface area (Å²) in [5.41, 5.74) is 7.31.